The molecule has 0 fully saturated rings. The van der Waals surface area contributed by atoms with Crippen LogP contribution in [0.1, 0.15) is 313 Å². The molecule has 0 amide bonds. The van der Waals surface area contributed by atoms with E-state index in [1.54, 1.807) is 0 Å². The third-order valence-corrected chi connectivity index (χ3v) is 18.8. The summed E-state index contributed by atoms with van der Waals surface area (Å²) in [6.45, 7) is 5.43. The Balaban J connectivity index is 0. The summed E-state index contributed by atoms with van der Waals surface area (Å²) in [7, 11) is -6.15. The molecule has 4 atom stereocenters. The number of carbonyl (C=O) groups is 4. The Bertz CT molecular complexity index is 2370. The molecule has 0 bridgehead atoms. The van der Waals surface area contributed by atoms with Crippen LogP contribution in [0.4, 0.5) is 0 Å². The van der Waals surface area contributed by atoms with Crippen molar-refractivity contribution in [3.63, 3.8) is 0 Å². The molecule has 0 saturated heterocycles. The van der Waals surface area contributed by atoms with Gasteiger partial charge in [0.05, 0.1) is 26.4 Å². The fraction of sp³-hybridized carbons (Fsp3) is 0.740. The number of nitrogens with zero attached hydrogens (tertiary/aromatic N) is 1. The van der Waals surface area contributed by atoms with Crippen LogP contribution in [0, 0.1) is 0 Å². The predicted octanol–water partition coefficient (Wildman–Crippen LogP) is 12.9. The number of esters is 4. The monoisotopic (exact) mass is 1480 g/mol. The number of halogens is 1. The van der Waals surface area contributed by atoms with Crippen LogP contribution < -0.4 is 68.9 Å². The zero-order valence-corrected chi connectivity index (χ0v) is 69.9. The first-order valence-electron chi connectivity index (χ1n) is 37.7. The van der Waals surface area contributed by atoms with Crippen LogP contribution in [0.5, 0.6) is 0 Å². The number of hydrogen-bond donors (Lipinski definition) is 1. The molecule has 0 aliphatic heterocycles. The van der Waals surface area contributed by atoms with E-state index in [9.17, 15) is 43.2 Å². The van der Waals surface area contributed by atoms with Crippen LogP contribution in [0.2, 0.25) is 0 Å². The molecule has 2 aromatic rings. The first-order valence-corrected chi connectivity index (χ1v) is 40.6. The van der Waals surface area contributed by atoms with Crippen molar-refractivity contribution in [1.82, 2.24) is 4.90 Å². The van der Waals surface area contributed by atoms with Crippen molar-refractivity contribution in [3.05, 3.63) is 76.9 Å². The second-order valence-corrected chi connectivity index (χ2v) is 29.2. The minimum absolute atomic E-state index is 0. The average Bonchev–Trinajstić information content (AvgIpc) is 1.61. The molecule has 100 heavy (non-hydrogen) atoms. The smallest absolute Gasteiger partial charge is 0.756 e. The Labute approximate surface area is 655 Å². The third kappa shape index (κ3) is 55.6. The van der Waals surface area contributed by atoms with Gasteiger partial charge in [-0.1, -0.05) is 300 Å². The number of hydrogen-bond acceptors (Lipinski definition) is 18. The zero-order chi connectivity index (χ0) is 70.9. The van der Waals surface area contributed by atoms with Crippen molar-refractivity contribution in [2.45, 2.75) is 309 Å². The van der Waals surface area contributed by atoms with E-state index in [2.05, 4.69) is 113 Å². The van der Waals surface area contributed by atoms with Crippen LogP contribution in [0.3, 0.4) is 0 Å². The van der Waals surface area contributed by atoms with Gasteiger partial charge in [0.1, 0.15) is 19.3 Å². The average molecular weight is 1490 g/mol. The maximum atomic E-state index is 12.8. The van der Waals surface area contributed by atoms with Crippen LogP contribution in [-0.2, 0) is 65.4 Å². The second-order valence-electron chi connectivity index (χ2n) is 26.4. The summed E-state index contributed by atoms with van der Waals surface area (Å²) in [4.78, 5) is 78.5. The van der Waals surface area contributed by atoms with Crippen molar-refractivity contribution in [3.8, 4) is 0 Å². The van der Waals surface area contributed by atoms with Crippen LogP contribution >= 0.6 is 28.1 Å². The van der Waals surface area contributed by atoms with E-state index >= 15 is 0 Å². The minimum atomic E-state index is -5.20. The Morgan fingerprint density at radius 1 is 0.420 bits per heavy atom. The Morgan fingerprint density at radius 3 is 0.990 bits per heavy atom. The normalized spacial score (nSPS) is 13.6. The fourth-order valence-electron chi connectivity index (χ4n) is 11.2. The van der Waals surface area contributed by atoms with Gasteiger partial charge < -0.3 is 56.8 Å². The summed E-state index contributed by atoms with van der Waals surface area (Å²) in [5.41, 5.74) is 6.61. The maximum Gasteiger partial charge on any atom is 1.00 e. The predicted molar refractivity (Wildman–Crippen MR) is 393 cm³/mol. The maximum absolute atomic E-state index is 12.8. The molecular formula is C77H130ClNNa2O17P2. The number of aliphatic hydroxyl groups excluding tert-OH is 1. The van der Waals surface area contributed by atoms with Gasteiger partial charge in [0.25, 0.3) is 15.6 Å². The first kappa shape index (κ1) is 100. The summed E-state index contributed by atoms with van der Waals surface area (Å²) >= 11 is 0. The molecule has 0 saturated carbocycles. The van der Waals surface area contributed by atoms with E-state index in [0.29, 0.717) is 25.7 Å². The van der Waals surface area contributed by atoms with Crippen molar-refractivity contribution in [2.75, 3.05) is 60.3 Å². The molecule has 0 heterocycles. The summed E-state index contributed by atoms with van der Waals surface area (Å²) < 4.78 is 66.7. The van der Waals surface area contributed by atoms with Crippen LogP contribution in [0.25, 0.3) is 17.7 Å². The van der Waals surface area contributed by atoms with E-state index < -0.39 is 97.5 Å². The van der Waals surface area contributed by atoms with Gasteiger partial charge in [-0.3, -0.25) is 28.3 Å². The topological polar surface area (TPSA) is 246 Å². The molecule has 18 nitrogen and oxygen atoms in total. The number of phosphoric acid groups is 2. The van der Waals surface area contributed by atoms with Crippen LogP contribution in [-0.4, -0.2) is 112 Å². The first-order chi connectivity index (χ1) is 46.9. The van der Waals surface area contributed by atoms with Gasteiger partial charge in [-0.15, -0.1) is 12.4 Å². The van der Waals surface area contributed by atoms with Crippen molar-refractivity contribution in [1.29, 1.82) is 0 Å². The van der Waals surface area contributed by atoms with E-state index in [1.165, 1.54) is 131 Å². The van der Waals surface area contributed by atoms with Gasteiger partial charge in [0.2, 0.25) is 0 Å². The van der Waals surface area contributed by atoms with Crippen molar-refractivity contribution < 1.29 is 139 Å². The van der Waals surface area contributed by atoms with Crippen molar-refractivity contribution in [2.24, 2.45) is 0 Å². The Kier molecular flexibility index (Phi) is 66.8. The molecule has 2 aromatic carbocycles. The number of rotatable bonds is 61. The molecule has 0 radical (unpaired) electrons. The molecular weight excluding hydrogens is 1350 g/mol. The second kappa shape index (κ2) is 66.6. The molecule has 4 unspecified atom stereocenters. The van der Waals surface area contributed by atoms with E-state index in [4.69, 9.17) is 37.0 Å². The number of aliphatic hydroxyl groups is 1. The SMILES string of the molecule is CCCCCCCCCCCC(=O)OCC(COP(=O)([O-])OCC(O)COP(=O)([O-])OCC(COC(=O)CCCCCCCCCCC)OC(=O)CCCCCCCCCCC)OC(=O)CCCCCCCCCCC.CN(C)CCC=C1c2ccccc2C=Cc2ccccc21.Cl.[Na+].[Na+]. The number of carbonyl (C=O) groups excluding carboxylic acids is 4. The number of fused-ring (bicyclic) bond motifs is 2. The number of benzene rings is 2. The van der Waals surface area contributed by atoms with E-state index in [1.807, 2.05) is 0 Å². The van der Waals surface area contributed by atoms with Gasteiger partial charge in [0, 0.05) is 32.2 Å². The summed E-state index contributed by atoms with van der Waals surface area (Å²) in [6.07, 6.45) is 42.1. The number of phosphoric ester groups is 2. The van der Waals surface area contributed by atoms with Gasteiger partial charge in [-0.25, -0.2) is 0 Å². The third-order valence-electron chi connectivity index (χ3n) is 17.0. The Morgan fingerprint density at radius 2 is 0.690 bits per heavy atom. The van der Waals surface area contributed by atoms with Crippen molar-refractivity contribution >= 4 is 69.7 Å². The summed E-state index contributed by atoms with van der Waals surface area (Å²) in [5, 5.41) is 10.4. The van der Waals surface area contributed by atoms with Gasteiger partial charge in [0.15, 0.2) is 12.2 Å². The molecule has 564 valence electrons. The van der Waals surface area contributed by atoms with Gasteiger partial charge >= 0.3 is 83.0 Å². The Hall–Kier alpha value is -1.77. The molecule has 23 heteroatoms. The van der Waals surface area contributed by atoms with Gasteiger partial charge in [-0.05, 0) is 74.0 Å². The van der Waals surface area contributed by atoms with E-state index in [0.717, 1.165) is 116 Å². The molecule has 1 N–H and O–H groups in total. The molecule has 1 aliphatic rings. The standard InChI is InChI=1S/C57H110O17P2.C20H21N.ClH.2Na/c1-5-9-13-17-21-25-29-33-37-41-54(59)67-47-52(73-56(61)43-39-35-31-27-23-19-15-11-7-3)49-71-75(63,64)69-45-51(58)46-70-76(65,66)72-50-53(74-57(62)44-40-36-32-28-24-20-16-12-8-4)48-68-55(60)42-38-34-30-26-22-18-14-10-6-2;1-21(2)15-7-12-20-18-10-5-3-8-16(18)13-14-17-9-4-6-11-19(17)20;;;/h51-53,58H,5-50H2,1-4H3,(H,63,64)(H,65,66);3-6,8-14H,7,15H2,1-2H3;1H;;/q;;;2*+1/p-2. The van der Waals surface area contributed by atoms with E-state index in [-0.39, 0.29) is 97.2 Å². The number of ether oxygens (including phenoxy) is 4. The largest absolute Gasteiger partial charge is 1.00 e. The number of unbranched alkanes of at least 4 members (excludes halogenated alkanes) is 32. The summed E-state index contributed by atoms with van der Waals surface area (Å²) in [5.74, 6) is -2.24. The zero-order valence-electron chi connectivity index (χ0n) is 63.3. The molecule has 1 aliphatic carbocycles. The summed E-state index contributed by atoms with van der Waals surface area (Å²) in [6, 6.07) is 17.3. The fourth-order valence-corrected chi connectivity index (χ4v) is 12.7. The molecule has 0 spiro atoms. The van der Waals surface area contributed by atoms with Crippen LogP contribution in [0.15, 0.2) is 54.6 Å². The molecule has 0 aromatic heterocycles. The quantitative estimate of drug-likeness (QED) is 0.0181. The van der Waals surface area contributed by atoms with Gasteiger partial charge in [-0.2, -0.15) is 0 Å². The minimum Gasteiger partial charge on any atom is -0.756 e. The molecule has 3 rings (SSSR count).